The summed E-state index contributed by atoms with van der Waals surface area (Å²) in [6.45, 7) is 1.92. The maximum absolute atomic E-state index is 12.7. The molecule has 8 nitrogen and oxygen atoms in total. The monoisotopic (exact) mass is 421 g/mol. The molecule has 1 amide bonds. The SMILES string of the molecule is COc1ccc(N2CCN(C(=O)COc3cccc4ccccc34)CC2)c([N+](=O)[O-])c1. The molecule has 0 atom stereocenters. The highest BCUT2D eigenvalue weighted by Crippen LogP contribution is 2.32. The number of nitro groups is 1. The van der Waals surface area contributed by atoms with Gasteiger partial charge in [-0.1, -0.05) is 36.4 Å². The molecule has 1 aliphatic heterocycles. The molecule has 4 rings (SSSR count). The van der Waals surface area contributed by atoms with Gasteiger partial charge in [0.25, 0.3) is 11.6 Å². The summed E-state index contributed by atoms with van der Waals surface area (Å²) >= 11 is 0. The minimum Gasteiger partial charge on any atom is -0.496 e. The van der Waals surface area contributed by atoms with Crippen LogP contribution < -0.4 is 14.4 Å². The lowest BCUT2D eigenvalue weighted by Crippen LogP contribution is -2.50. The van der Waals surface area contributed by atoms with Gasteiger partial charge in [0.05, 0.1) is 18.1 Å². The quantitative estimate of drug-likeness (QED) is 0.447. The van der Waals surface area contributed by atoms with Crippen molar-refractivity contribution >= 4 is 28.1 Å². The highest BCUT2D eigenvalue weighted by atomic mass is 16.6. The molecular formula is C23H23N3O5. The van der Waals surface area contributed by atoms with Crippen molar-refractivity contribution in [2.75, 3.05) is 44.8 Å². The van der Waals surface area contributed by atoms with Crippen molar-refractivity contribution in [3.63, 3.8) is 0 Å². The van der Waals surface area contributed by atoms with E-state index in [1.807, 2.05) is 47.4 Å². The van der Waals surface area contributed by atoms with Gasteiger partial charge in [-0.15, -0.1) is 0 Å². The lowest BCUT2D eigenvalue weighted by molar-refractivity contribution is -0.384. The number of methoxy groups -OCH3 is 1. The Bertz CT molecular complexity index is 1100. The Morgan fingerprint density at radius 3 is 2.52 bits per heavy atom. The first-order valence-electron chi connectivity index (χ1n) is 10.0. The van der Waals surface area contributed by atoms with Crippen LogP contribution in [0.3, 0.4) is 0 Å². The van der Waals surface area contributed by atoms with Crippen molar-refractivity contribution in [2.45, 2.75) is 0 Å². The van der Waals surface area contributed by atoms with Gasteiger partial charge in [0.2, 0.25) is 0 Å². The molecule has 1 saturated heterocycles. The van der Waals surface area contributed by atoms with Crippen LogP contribution in [-0.2, 0) is 4.79 Å². The molecule has 0 unspecified atom stereocenters. The van der Waals surface area contributed by atoms with Crippen LogP contribution in [0.15, 0.2) is 60.7 Å². The highest BCUT2D eigenvalue weighted by Gasteiger charge is 2.26. The average Bonchev–Trinajstić information content (AvgIpc) is 2.82. The summed E-state index contributed by atoms with van der Waals surface area (Å²) < 4.78 is 10.9. The summed E-state index contributed by atoms with van der Waals surface area (Å²) in [6.07, 6.45) is 0. The number of hydrogen-bond donors (Lipinski definition) is 0. The topological polar surface area (TPSA) is 85.2 Å². The molecule has 3 aromatic rings. The van der Waals surface area contributed by atoms with E-state index in [-0.39, 0.29) is 18.2 Å². The number of benzene rings is 3. The van der Waals surface area contributed by atoms with Gasteiger partial charge in [-0.3, -0.25) is 14.9 Å². The Morgan fingerprint density at radius 1 is 1.03 bits per heavy atom. The Labute approximate surface area is 179 Å². The molecule has 0 bridgehead atoms. The van der Waals surface area contributed by atoms with Gasteiger partial charge >= 0.3 is 0 Å². The Hall–Kier alpha value is -3.81. The van der Waals surface area contributed by atoms with Crippen LogP contribution in [-0.4, -0.2) is 55.6 Å². The van der Waals surface area contributed by atoms with Crippen molar-refractivity contribution in [1.82, 2.24) is 4.90 Å². The fraction of sp³-hybridized carbons (Fsp3) is 0.261. The summed E-state index contributed by atoms with van der Waals surface area (Å²) in [5.74, 6) is 1.02. The number of nitro benzene ring substituents is 1. The number of carbonyl (C=O) groups excluding carboxylic acids is 1. The number of anilines is 1. The molecule has 0 radical (unpaired) electrons. The van der Waals surface area contributed by atoms with E-state index in [4.69, 9.17) is 9.47 Å². The van der Waals surface area contributed by atoms with E-state index >= 15 is 0 Å². The van der Waals surface area contributed by atoms with E-state index in [1.165, 1.54) is 13.2 Å². The Balaban J connectivity index is 1.38. The third-order valence-corrected chi connectivity index (χ3v) is 5.45. The standard InChI is InChI=1S/C23H23N3O5/c1-30-18-9-10-20(21(15-18)26(28)29)24-11-13-25(14-12-24)23(27)16-31-22-8-4-6-17-5-2-3-7-19(17)22/h2-10,15H,11-14,16H2,1H3. The van der Waals surface area contributed by atoms with Crippen LogP contribution in [0, 0.1) is 10.1 Å². The zero-order valence-electron chi connectivity index (χ0n) is 17.2. The summed E-state index contributed by atoms with van der Waals surface area (Å²) in [5.41, 5.74) is 0.531. The second kappa shape index (κ2) is 8.91. The lowest BCUT2D eigenvalue weighted by atomic mass is 10.1. The van der Waals surface area contributed by atoms with Gasteiger partial charge in [-0.25, -0.2) is 0 Å². The zero-order chi connectivity index (χ0) is 21.8. The van der Waals surface area contributed by atoms with Crippen LogP contribution in [0.5, 0.6) is 11.5 Å². The number of carbonyl (C=O) groups is 1. The normalized spacial score (nSPS) is 13.8. The number of fused-ring (bicyclic) bond motifs is 1. The molecule has 0 aromatic heterocycles. The lowest BCUT2D eigenvalue weighted by Gasteiger charge is -2.35. The van der Waals surface area contributed by atoms with Crippen molar-refractivity contribution in [2.24, 2.45) is 0 Å². The van der Waals surface area contributed by atoms with E-state index in [1.54, 1.807) is 17.0 Å². The number of amides is 1. The minimum atomic E-state index is -0.409. The molecule has 8 heteroatoms. The fourth-order valence-electron chi connectivity index (χ4n) is 3.79. The van der Waals surface area contributed by atoms with E-state index in [0.29, 0.717) is 43.4 Å². The molecule has 31 heavy (non-hydrogen) atoms. The third-order valence-electron chi connectivity index (χ3n) is 5.45. The van der Waals surface area contributed by atoms with Crippen LogP contribution in [0.2, 0.25) is 0 Å². The largest absolute Gasteiger partial charge is 0.496 e. The fourth-order valence-corrected chi connectivity index (χ4v) is 3.79. The summed E-state index contributed by atoms with van der Waals surface area (Å²) in [4.78, 5) is 27.4. The van der Waals surface area contributed by atoms with Crippen molar-refractivity contribution in [3.8, 4) is 11.5 Å². The van der Waals surface area contributed by atoms with E-state index < -0.39 is 4.92 Å². The molecule has 3 aromatic carbocycles. The summed E-state index contributed by atoms with van der Waals surface area (Å²) in [7, 11) is 1.48. The van der Waals surface area contributed by atoms with Gasteiger partial charge in [0.15, 0.2) is 6.61 Å². The van der Waals surface area contributed by atoms with Crippen LogP contribution in [0.1, 0.15) is 0 Å². The van der Waals surface area contributed by atoms with Crippen molar-refractivity contribution in [1.29, 1.82) is 0 Å². The van der Waals surface area contributed by atoms with E-state index in [9.17, 15) is 14.9 Å². The number of rotatable bonds is 6. The zero-order valence-corrected chi connectivity index (χ0v) is 17.2. The second-order valence-electron chi connectivity index (χ2n) is 7.25. The molecule has 160 valence electrons. The molecule has 0 saturated carbocycles. The number of nitrogens with zero attached hydrogens (tertiary/aromatic N) is 3. The first kappa shape index (κ1) is 20.5. The van der Waals surface area contributed by atoms with Gasteiger partial charge in [0.1, 0.15) is 17.2 Å². The maximum atomic E-state index is 12.7. The van der Waals surface area contributed by atoms with Gasteiger partial charge < -0.3 is 19.3 Å². The van der Waals surface area contributed by atoms with Gasteiger partial charge in [-0.2, -0.15) is 0 Å². The van der Waals surface area contributed by atoms with E-state index in [2.05, 4.69) is 0 Å². The Morgan fingerprint density at radius 2 is 1.77 bits per heavy atom. The van der Waals surface area contributed by atoms with E-state index in [0.717, 1.165) is 10.8 Å². The molecule has 0 spiro atoms. The number of hydrogen-bond acceptors (Lipinski definition) is 6. The molecule has 1 fully saturated rings. The highest BCUT2D eigenvalue weighted by molar-refractivity contribution is 5.88. The van der Waals surface area contributed by atoms with Gasteiger partial charge in [-0.05, 0) is 23.6 Å². The first-order chi connectivity index (χ1) is 15.1. The maximum Gasteiger partial charge on any atom is 0.296 e. The first-order valence-corrected chi connectivity index (χ1v) is 10.0. The summed E-state index contributed by atoms with van der Waals surface area (Å²) in [6, 6.07) is 18.5. The van der Waals surface area contributed by atoms with Crippen molar-refractivity contribution in [3.05, 3.63) is 70.8 Å². The average molecular weight is 421 g/mol. The van der Waals surface area contributed by atoms with Crippen molar-refractivity contribution < 1.29 is 19.2 Å². The predicted octanol–water partition coefficient (Wildman–Crippen LogP) is 3.48. The Kier molecular flexibility index (Phi) is 5.88. The third kappa shape index (κ3) is 4.37. The van der Waals surface area contributed by atoms with Gasteiger partial charge in [0, 0.05) is 31.6 Å². The summed E-state index contributed by atoms with van der Waals surface area (Å²) in [5, 5.41) is 13.5. The molecule has 0 aliphatic carbocycles. The molecule has 1 aliphatic rings. The van der Waals surface area contributed by atoms with Crippen LogP contribution >= 0.6 is 0 Å². The van der Waals surface area contributed by atoms with Crippen LogP contribution in [0.4, 0.5) is 11.4 Å². The van der Waals surface area contributed by atoms with Crippen LogP contribution in [0.25, 0.3) is 10.8 Å². The molecule has 0 N–H and O–H groups in total. The minimum absolute atomic E-state index is 0.00147. The number of piperazine rings is 1. The smallest absolute Gasteiger partial charge is 0.296 e. The second-order valence-corrected chi connectivity index (χ2v) is 7.25. The molecule has 1 heterocycles. The predicted molar refractivity (Wildman–Crippen MR) is 118 cm³/mol. The number of ether oxygens (including phenoxy) is 2. The molecular weight excluding hydrogens is 398 g/mol.